The number of fused-ring (bicyclic) bond motifs is 1. The number of unbranched alkanes of at least 4 members (excludes halogenated alkanes) is 2. The van der Waals surface area contributed by atoms with Crippen molar-refractivity contribution < 1.29 is 63.0 Å². The van der Waals surface area contributed by atoms with Gasteiger partial charge in [-0.15, -0.1) is 0 Å². The van der Waals surface area contributed by atoms with Crippen molar-refractivity contribution >= 4 is 81.7 Å². The number of hydrogen-bond donors (Lipinski definition) is 14. The molecule has 0 bridgehead atoms. The number of nitrogens with zero attached hydrogens (tertiary/aromatic N) is 4. The number of primary amides is 1. The molecule has 6 rings (SSSR count). The summed E-state index contributed by atoms with van der Waals surface area (Å²) in [5.41, 5.74) is 24.7. The molecule has 1 aromatic heterocycles. The lowest BCUT2D eigenvalue weighted by Gasteiger charge is -2.33. The minimum Gasteiger partial charge on any atom is -0.508 e. The highest BCUT2D eigenvalue weighted by atomic mass is 16.3. The van der Waals surface area contributed by atoms with Crippen LogP contribution in [0, 0.1) is 0 Å². The van der Waals surface area contributed by atoms with E-state index in [1.807, 2.05) is 49.4 Å². The topological polar surface area (TPSA) is 460 Å². The summed E-state index contributed by atoms with van der Waals surface area (Å²) in [6.07, 6.45) is 5.15. The molecule has 4 aromatic carbocycles. The summed E-state index contributed by atoms with van der Waals surface area (Å²) in [5.74, 6) is -8.73. The van der Waals surface area contributed by atoms with Gasteiger partial charge in [0, 0.05) is 65.1 Å². The first-order valence-corrected chi connectivity index (χ1v) is 33.7. The molecular formula is C71H96N16O13. The van der Waals surface area contributed by atoms with Crippen molar-refractivity contribution in [3.63, 3.8) is 0 Å². The van der Waals surface area contributed by atoms with Crippen LogP contribution in [0.1, 0.15) is 107 Å². The predicted octanol–water partition coefficient (Wildman–Crippen LogP) is -0.202. The standard InChI is InChI=1S/C71H96N16O13/c1-5-6-22-52(63(93)82-54(24-15-34-77-71(74)75)70(100)87-35-16-25-59(87)67(97)78-43(2)61(73)91)80-62(92)53(23-12-13-32-72)81-68(98)60(40-46-27-30-51(90)31-28-46)86(4)69(99)58(42-88)85-66(96)57(39-48-19-14-33-76-41-48)84-65(95)56(37-45-17-8-7-9-18-45)83-64(94)55(79-44(3)89)38-47-26-29-49-20-10-11-21-50(49)36-47/h7-11,14,17-21,26-31,33,36,41,43,52-60,88,90H,5-6,12-13,15-16,22-25,32,34-35,37-40,42,72H2,1-4H3,(H2,73,91)(H,78,97)(H,79,89)(H,80,92)(H,81,98)(H,82,93)(H,83,94)(H,84,95)(H,85,96)(H4,74,75,77)/t43-,52-,53-,54+,55-,56-,57-,58+,59+,60+/m1/s1. The number of likely N-dealkylation sites (N-methyl/N-ethyl adjacent to an activating group) is 1. The van der Waals surface area contributed by atoms with Gasteiger partial charge in [-0.3, -0.25) is 62.7 Å². The van der Waals surface area contributed by atoms with Gasteiger partial charge in [-0.2, -0.15) is 0 Å². The summed E-state index contributed by atoms with van der Waals surface area (Å²) in [6.45, 7) is 3.97. The molecule has 1 fully saturated rings. The van der Waals surface area contributed by atoms with Gasteiger partial charge in [0.1, 0.15) is 66.2 Å². The lowest BCUT2D eigenvalue weighted by atomic mass is 9.99. The number of phenols is 1. The molecule has 1 aliphatic rings. The maximum absolute atomic E-state index is 15.0. The average Bonchev–Trinajstić information content (AvgIpc) is 1.30. The van der Waals surface area contributed by atoms with Gasteiger partial charge in [0.05, 0.1) is 6.61 Å². The maximum Gasteiger partial charge on any atom is 0.247 e. The highest BCUT2D eigenvalue weighted by Gasteiger charge is 2.41. The van der Waals surface area contributed by atoms with Crippen molar-refractivity contribution in [3.05, 3.63) is 144 Å². The maximum atomic E-state index is 15.0. The molecule has 0 spiro atoms. The number of rotatable bonds is 39. The minimum atomic E-state index is -1.78. The zero-order valence-corrected chi connectivity index (χ0v) is 57.0. The monoisotopic (exact) mass is 1380 g/mol. The third-order valence-electron chi connectivity index (χ3n) is 17.2. The number of aliphatic hydroxyl groups excluding tert-OH is 1. The number of aliphatic hydroxyl groups is 1. The molecule has 538 valence electrons. The van der Waals surface area contributed by atoms with Crippen molar-refractivity contribution in [1.29, 1.82) is 0 Å². The van der Waals surface area contributed by atoms with Gasteiger partial charge in [0.15, 0.2) is 5.96 Å². The van der Waals surface area contributed by atoms with Gasteiger partial charge in [-0.25, -0.2) is 0 Å². The molecule has 29 nitrogen and oxygen atoms in total. The fraction of sp³-hybridized carbons (Fsp3) is 0.451. The quantitative estimate of drug-likeness (QED) is 0.0138. The van der Waals surface area contributed by atoms with Crippen LogP contribution >= 0.6 is 0 Å². The van der Waals surface area contributed by atoms with Crippen molar-refractivity contribution in [1.82, 2.24) is 57.3 Å². The summed E-state index contributed by atoms with van der Waals surface area (Å²) in [4.78, 5) is 166. The van der Waals surface area contributed by atoms with Gasteiger partial charge in [0.2, 0.25) is 65.0 Å². The Hall–Kier alpha value is -10.5. The number of aromatic nitrogens is 1. The molecule has 2 heterocycles. The van der Waals surface area contributed by atoms with Crippen LogP contribution in [0.2, 0.25) is 0 Å². The fourth-order valence-corrected chi connectivity index (χ4v) is 11.6. The number of nitrogens with one attached hydrogen (secondary N) is 8. The van der Waals surface area contributed by atoms with E-state index < -0.39 is 132 Å². The van der Waals surface area contributed by atoms with Gasteiger partial charge < -0.3 is 85.5 Å². The fourth-order valence-electron chi connectivity index (χ4n) is 11.6. The molecule has 1 saturated heterocycles. The van der Waals surface area contributed by atoms with E-state index in [0.29, 0.717) is 48.8 Å². The zero-order chi connectivity index (χ0) is 72.8. The third kappa shape index (κ3) is 24.5. The Balaban J connectivity index is 1.25. The SMILES string of the molecule is CCCC[C@@H](NC(=O)[C@@H](CCCCN)NC(=O)[C@H](Cc1ccc(O)cc1)N(C)C(=O)[C@H](CO)NC(=O)[C@@H](Cc1cccnc1)NC(=O)[C@@H](Cc1ccccc1)NC(=O)[C@@H](Cc1ccc2ccccc2c1)NC(C)=O)C(=O)N[C@@H](CCCN=C(N)N)C(=O)N1CCC[C@H]1C(=O)N[C@H](C)C(N)=O. The molecule has 10 atom stereocenters. The van der Waals surface area contributed by atoms with E-state index in [9.17, 15) is 58.2 Å². The lowest BCUT2D eigenvalue weighted by Crippen LogP contribution is -2.61. The Morgan fingerprint density at radius 2 is 1.12 bits per heavy atom. The largest absolute Gasteiger partial charge is 0.508 e. The van der Waals surface area contributed by atoms with Crippen molar-refractivity contribution in [2.75, 3.05) is 33.3 Å². The van der Waals surface area contributed by atoms with E-state index in [0.717, 1.165) is 21.2 Å². The summed E-state index contributed by atoms with van der Waals surface area (Å²) < 4.78 is 0. The van der Waals surface area contributed by atoms with E-state index in [-0.39, 0.29) is 89.1 Å². The Morgan fingerprint density at radius 1 is 0.590 bits per heavy atom. The number of carbonyl (C=O) groups is 11. The molecule has 5 aromatic rings. The van der Waals surface area contributed by atoms with Crippen LogP contribution in [0.15, 0.2) is 127 Å². The van der Waals surface area contributed by atoms with Crippen LogP contribution in [0.4, 0.5) is 0 Å². The van der Waals surface area contributed by atoms with Gasteiger partial charge in [-0.05, 0) is 116 Å². The molecule has 11 amide bonds. The van der Waals surface area contributed by atoms with Crippen LogP contribution in [0.25, 0.3) is 10.8 Å². The van der Waals surface area contributed by atoms with Gasteiger partial charge in [0.25, 0.3) is 0 Å². The number of likely N-dealkylation sites (tertiary alicyclic amines) is 1. The highest BCUT2D eigenvalue weighted by molar-refractivity contribution is 5.99. The Kier molecular flexibility index (Phi) is 31.2. The molecule has 0 aliphatic carbocycles. The second-order valence-electron chi connectivity index (χ2n) is 25.0. The van der Waals surface area contributed by atoms with Gasteiger partial charge >= 0.3 is 0 Å². The van der Waals surface area contributed by atoms with Crippen LogP contribution in [-0.2, 0) is 78.4 Å². The molecule has 18 N–H and O–H groups in total. The number of aromatic hydroxyl groups is 1. The van der Waals surface area contributed by atoms with Crippen LogP contribution < -0.4 is 65.5 Å². The summed E-state index contributed by atoms with van der Waals surface area (Å²) in [7, 11) is 1.25. The molecule has 1 aliphatic heterocycles. The van der Waals surface area contributed by atoms with E-state index in [1.165, 1.54) is 62.5 Å². The summed E-state index contributed by atoms with van der Waals surface area (Å²) in [5, 5.41) is 44.8. The van der Waals surface area contributed by atoms with E-state index in [4.69, 9.17) is 22.9 Å². The number of carbonyl (C=O) groups excluding carboxylic acids is 11. The molecule has 29 heteroatoms. The zero-order valence-electron chi connectivity index (χ0n) is 57.0. The first-order valence-electron chi connectivity index (χ1n) is 33.7. The number of amides is 11. The van der Waals surface area contributed by atoms with Crippen molar-refractivity contribution in [2.24, 2.45) is 27.9 Å². The smallest absolute Gasteiger partial charge is 0.247 e. The van der Waals surface area contributed by atoms with E-state index in [1.54, 1.807) is 42.5 Å². The molecular weight excluding hydrogens is 1280 g/mol. The van der Waals surface area contributed by atoms with E-state index >= 15 is 4.79 Å². The molecule has 0 unspecified atom stereocenters. The number of hydrogen-bond acceptors (Lipinski definition) is 16. The first kappa shape index (κ1) is 78.4. The molecule has 0 saturated carbocycles. The highest BCUT2D eigenvalue weighted by Crippen LogP contribution is 2.22. The second kappa shape index (κ2) is 39.7. The third-order valence-corrected chi connectivity index (χ3v) is 17.2. The number of aliphatic imine (C=N–C) groups is 1. The Bertz CT molecular complexity index is 3620. The van der Waals surface area contributed by atoms with Crippen LogP contribution in [-0.4, -0.2) is 190 Å². The van der Waals surface area contributed by atoms with Crippen LogP contribution in [0.5, 0.6) is 5.75 Å². The summed E-state index contributed by atoms with van der Waals surface area (Å²) in [6, 6.07) is 17.8. The Labute approximate surface area is 581 Å². The second-order valence-corrected chi connectivity index (χ2v) is 25.0. The van der Waals surface area contributed by atoms with Crippen molar-refractivity contribution in [2.45, 2.75) is 171 Å². The molecule has 100 heavy (non-hydrogen) atoms. The number of nitrogens with two attached hydrogens (primary N) is 4. The first-order chi connectivity index (χ1) is 47.9. The molecule has 0 radical (unpaired) electrons. The number of guanidine groups is 1. The predicted molar refractivity (Wildman–Crippen MR) is 374 cm³/mol. The average molecular weight is 1380 g/mol. The van der Waals surface area contributed by atoms with Crippen LogP contribution in [0.3, 0.4) is 0 Å². The lowest BCUT2D eigenvalue weighted by molar-refractivity contribution is -0.144. The van der Waals surface area contributed by atoms with Gasteiger partial charge in [-0.1, -0.05) is 111 Å². The number of phenolic OH excluding ortho intramolecular Hbond substituents is 1. The minimum absolute atomic E-state index is 0.00265. The summed E-state index contributed by atoms with van der Waals surface area (Å²) >= 11 is 0. The Morgan fingerprint density at radius 3 is 1.72 bits per heavy atom. The van der Waals surface area contributed by atoms with E-state index in [2.05, 4.69) is 52.5 Å². The van der Waals surface area contributed by atoms with Crippen molar-refractivity contribution in [3.8, 4) is 5.75 Å². The number of benzene rings is 4. The number of pyridine rings is 1. The normalized spacial score (nSPS) is 15.3.